The molecule has 1 unspecified atom stereocenters. The van der Waals surface area contributed by atoms with Crippen LogP contribution in [0.4, 0.5) is 0 Å². The largest absolute Gasteiger partial charge is 0.461 e. The lowest BCUT2D eigenvalue weighted by Gasteiger charge is -2.25. The molecule has 0 bridgehead atoms. The van der Waals surface area contributed by atoms with Crippen LogP contribution in [0.25, 0.3) is 16.6 Å². The standard InChI is InChI=1S/C21H20BrClN2O3/c1-2-28-21(26)20-19(17-12-27-9-8-24-17)14-10-16(23)15(22)11-18(14)25(20)13-6-4-3-5-7-13/h3-7,10-11,17,24H,2,8-9,12H2,1H3. The van der Waals surface area contributed by atoms with Crippen molar-refractivity contribution in [2.75, 3.05) is 26.4 Å². The molecule has 1 aliphatic heterocycles. The Balaban J connectivity index is 2.08. The number of aromatic nitrogens is 1. The SMILES string of the molecule is CCOC(=O)c1c(C2COCCN2)c2cc(Cl)c(Br)cc2n1-c1ccccc1. The number of fused-ring (bicyclic) bond motifs is 1. The van der Waals surface area contributed by atoms with Crippen LogP contribution < -0.4 is 5.32 Å². The third-order valence-corrected chi connectivity index (χ3v) is 6.00. The highest BCUT2D eigenvalue weighted by atomic mass is 79.9. The number of nitrogens with one attached hydrogen (secondary N) is 1. The molecular formula is C21H20BrClN2O3. The zero-order valence-electron chi connectivity index (χ0n) is 15.4. The minimum atomic E-state index is -0.364. The number of morpholine rings is 1. The van der Waals surface area contributed by atoms with Crippen molar-refractivity contribution < 1.29 is 14.3 Å². The smallest absolute Gasteiger partial charge is 0.355 e. The van der Waals surface area contributed by atoms with E-state index in [0.717, 1.165) is 33.2 Å². The van der Waals surface area contributed by atoms with Gasteiger partial charge in [-0.2, -0.15) is 0 Å². The van der Waals surface area contributed by atoms with Gasteiger partial charge in [0.15, 0.2) is 0 Å². The molecule has 0 aliphatic carbocycles. The van der Waals surface area contributed by atoms with Crippen molar-refractivity contribution in [3.8, 4) is 5.69 Å². The van der Waals surface area contributed by atoms with E-state index in [9.17, 15) is 4.79 Å². The number of nitrogens with zero attached hydrogens (tertiary/aromatic N) is 1. The Morgan fingerprint density at radius 3 is 2.82 bits per heavy atom. The first-order chi connectivity index (χ1) is 13.6. The van der Waals surface area contributed by atoms with E-state index in [-0.39, 0.29) is 12.0 Å². The number of hydrogen-bond acceptors (Lipinski definition) is 4. The number of rotatable bonds is 4. The Labute approximate surface area is 176 Å². The average Bonchev–Trinajstić information content (AvgIpc) is 3.04. The first kappa shape index (κ1) is 19.5. The third kappa shape index (κ3) is 3.46. The van der Waals surface area contributed by atoms with E-state index >= 15 is 0 Å². The van der Waals surface area contributed by atoms with Crippen molar-refractivity contribution in [1.82, 2.24) is 9.88 Å². The van der Waals surface area contributed by atoms with Gasteiger partial charge in [-0.15, -0.1) is 0 Å². The highest BCUT2D eigenvalue weighted by molar-refractivity contribution is 9.10. The van der Waals surface area contributed by atoms with Crippen LogP contribution >= 0.6 is 27.5 Å². The van der Waals surface area contributed by atoms with Crippen LogP contribution in [-0.4, -0.2) is 36.9 Å². The number of benzene rings is 2. The number of para-hydroxylation sites is 1. The molecule has 0 spiro atoms. The summed E-state index contributed by atoms with van der Waals surface area (Å²) in [6.07, 6.45) is 0. The van der Waals surface area contributed by atoms with Crippen LogP contribution in [0.3, 0.4) is 0 Å². The van der Waals surface area contributed by atoms with Gasteiger partial charge in [0.2, 0.25) is 0 Å². The number of carbonyl (C=O) groups excluding carboxylic acids is 1. The summed E-state index contributed by atoms with van der Waals surface area (Å²) in [5.41, 5.74) is 3.12. The van der Waals surface area contributed by atoms with Gasteiger partial charge in [0.25, 0.3) is 0 Å². The van der Waals surface area contributed by atoms with Crippen molar-refractivity contribution in [2.45, 2.75) is 13.0 Å². The van der Waals surface area contributed by atoms with Crippen molar-refractivity contribution in [1.29, 1.82) is 0 Å². The number of ether oxygens (including phenoxy) is 2. The molecule has 146 valence electrons. The summed E-state index contributed by atoms with van der Waals surface area (Å²) in [7, 11) is 0. The maximum atomic E-state index is 13.1. The number of esters is 1. The van der Waals surface area contributed by atoms with Crippen LogP contribution in [0.2, 0.25) is 5.02 Å². The minimum absolute atomic E-state index is 0.127. The molecule has 1 aromatic heterocycles. The lowest BCUT2D eigenvalue weighted by atomic mass is 10.0. The maximum absolute atomic E-state index is 13.1. The molecular weight excluding hydrogens is 444 g/mol. The summed E-state index contributed by atoms with van der Waals surface area (Å²) in [4.78, 5) is 13.1. The molecule has 1 fully saturated rings. The molecule has 0 radical (unpaired) electrons. The van der Waals surface area contributed by atoms with Crippen LogP contribution in [0, 0.1) is 0 Å². The molecule has 28 heavy (non-hydrogen) atoms. The predicted octanol–water partition coefficient (Wildman–Crippen LogP) is 4.88. The van der Waals surface area contributed by atoms with Crippen LogP contribution in [0.5, 0.6) is 0 Å². The van der Waals surface area contributed by atoms with Gasteiger partial charge in [0, 0.05) is 27.7 Å². The Kier molecular flexibility index (Phi) is 5.73. The van der Waals surface area contributed by atoms with E-state index in [1.54, 1.807) is 0 Å². The van der Waals surface area contributed by atoms with Gasteiger partial charge >= 0.3 is 5.97 Å². The second-order valence-electron chi connectivity index (χ2n) is 6.52. The Bertz CT molecular complexity index is 1010. The number of carbonyl (C=O) groups is 1. The lowest BCUT2D eigenvalue weighted by Crippen LogP contribution is -2.35. The molecule has 0 amide bonds. The third-order valence-electron chi connectivity index (χ3n) is 4.80. The van der Waals surface area contributed by atoms with E-state index in [2.05, 4.69) is 21.2 Å². The predicted molar refractivity (Wildman–Crippen MR) is 114 cm³/mol. The van der Waals surface area contributed by atoms with Gasteiger partial charge in [-0.3, -0.25) is 0 Å². The molecule has 7 heteroatoms. The summed E-state index contributed by atoms with van der Waals surface area (Å²) in [5, 5.41) is 4.96. The Morgan fingerprint density at radius 1 is 1.36 bits per heavy atom. The van der Waals surface area contributed by atoms with Crippen LogP contribution in [0.15, 0.2) is 46.9 Å². The van der Waals surface area contributed by atoms with Crippen molar-refractivity contribution in [2.24, 2.45) is 0 Å². The Hall–Kier alpha value is -1.86. The average molecular weight is 464 g/mol. The fraction of sp³-hybridized carbons (Fsp3) is 0.286. The molecule has 1 aliphatic rings. The van der Waals surface area contributed by atoms with E-state index in [4.69, 9.17) is 21.1 Å². The highest BCUT2D eigenvalue weighted by Gasteiger charge is 2.31. The molecule has 1 saturated heterocycles. The summed E-state index contributed by atoms with van der Waals surface area (Å²) in [6.45, 7) is 3.95. The van der Waals surface area contributed by atoms with E-state index < -0.39 is 0 Å². The topological polar surface area (TPSA) is 52.5 Å². The molecule has 1 atom stereocenters. The zero-order chi connectivity index (χ0) is 19.7. The van der Waals surface area contributed by atoms with Gasteiger partial charge in [0.05, 0.1) is 36.4 Å². The van der Waals surface area contributed by atoms with Gasteiger partial charge in [-0.1, -0.05) is 29.8 Å². The summed E-state index contributed by atoms with van der Waals surface area (Å²) < 4.78 is 13.8. The molecule has 3 aromatic rings. The molecule has 2 heterocycles. The molecule has 1 N–H and O–H groups in total. The zero-order valence-corrected chi connectivity index (χ0v) is 17.7. The van der Waals surface area contributed by atoms with Crippen LogP contribution in [0.1, 0.15) is 29.0 Å². The molecule has 4 rings (SSSR count). The fourth-order valence-electron chi connectivity index (χ4n) is 3.66. The molecule has 5 nitrogen and oxygen atoms in total. The maximum Gasteiger partial charge on any atom is 0.355 e. The number of hydrogen-bond donors (Lipinski definition) is 1. The van der Waals surface area contributed by atoms with E-state index in [1.165, 1.54) is 0 Å². The van der Waals surface area contributed by atoms with Gasteiger partial charge in [0.1, 0.15) is 5.69 Å². The van der Waals surface area contributed by atoms with E-state index in [0.29, 0.717) is 30.5 Å². The molecule has 2 aromatic carbocycles. The normalized spacial score (nSPS) is 17.0. The first-order valence-electron chi connectivity index (χ1n) is 9.18. The summed E-state index contributed by atoms with van der Waals surface area (Å²) in [6, 6.07) is 13.5. The minimum Gasteiger partial charge on any atom is -0.461 e. The quantitative estimate of drug-likeness (QED) is 0.560. The van der Waals surface area contributed by atoms with E-state index in [1.807, 2.05) is 54.0 Å². The first-order valence-corrected chi connectivity index (χ1v) is 10.4. The summed E-state index contributed by atoms with van der Waals surface area (Å²) >= 11 is 9.94. The second-order valence-corrected chi connectivity index (χ2v) is 7.78. The lowest BCUT2D eigenvalue weighted by molar-refractivity contribution is 0.0507. The number of halogens is 2. The molecule has 0 saturated carbocycles. The second kappa shape index (κ2) is 8.25. The van der Waals surface area contributed by atoms with Crippen molar-refractivity contribution >= 4 is 44.4 Å². The van der Waals surface area contributed by atoms with Crippen LogP contribution in [-0.2, 0) is 9.47 Å². The van der Waals surface area contributed by atoms with Gasteiger partial charge in [-0.25, -0.2) is 4.79 Å². The Morgan fingerprint density at radius 2 is 2.14 bits per heavy atom. The monoisotopic (exact) mass is 462 g/mol. The fourth-order valence-corrected chi connectivity index (χ4v) is 4.15. The van der Waals surface area contributed by atoms with Gasteiger partial charge < -0.3 is 19.4 Å². The van der Waals surface area contributed by atoms with Gasteiger partial charge in [-0.05, 0) is 47.1 Å². The highest BCUT2D eigenvalue weighted by Crippen LogP contribution is 2.39. The summed E-state index contributed by atoms with van der Waals surface area (Å²) in [5.74, 6) is -0.364. The van der Waals surface area contributed by atoms with Crippen molar-refractivity contribution in [3.05, 3.63) is 63.2 Å². The van der Waals surface area contributed by atoms with Crippen molar-refractivity contribution in [3.63, 3.8) is 0 Å².